The highest BCUT2D eigenvalue weighted by molar-refractivity contribution is 9.10. The third kappa shape index (κ3) is 3.79. The van der Waals surface area contributed by atoms with Gasteiger partial charge in [0, 0.05) is 4.47 Å². The van der Waals surface area contributed by atoms with Crippen molar-refractivity contribution >= 4 is 15.9 Å². The van der Waals surface area contributed by atoms with Crippen molar-refractivity contribution in [2.24, 2.45) is 0 Å². The van der Waals surface area contributed by atoms with Crippen molar-refractivity contribution < 1.29 is 0 Å². The lowest BCUT2D eigenvalue weighted by molar-refractivity contribution is 0.777. The van der Waals surface area contributed by atoms with Crippen LogP contribution in [0.15, 0.2) is 34.8 Å². The zero-order valence-electron chi connectivity index (χ0n) is 10.5. The smallest absolute Gasteiger partial charge is 0.0210 e. The standard InChI is InChI=1S/C15H21Br/c1-4-6-7-8-12(3)14-10-9-13(5-2)15(16)11-14/h6-7,9-12H,4-5,8H2,1-3H3/b7-6-. The molecule has 0 nitrogen and oxygen atoms in total. The van der Waals surface area contributed by atoms with Gasteiger partial charge in [0.1, 0.15) is 0 Å². The van der Waals surface area contributed by atoms with Gasteiger partial charge in [-0.3, -0.25) is 0 Å². The van der Waals surface area contributed by atoms with E-state index < -0.39 is 0 Å². The van der Waals surface area contributed by atoms with Gasteiger partial charge in [0.05, 0.1) is 0 Å². The fourth-order valence-corrected chi connectivity index (χ4v) is 2.44. The Kier molecular flexibility index (Phi) is 5.83. The van der Waals surface area contributed by atoms with Crippen molar-refractivity contribution in [1.29, 1.82) is 0 Å². The van der Waals surface area contributed by atoms with Crippen LogP contribution in [-0.2, 0) is 6.42 Å². The molecule has 1 aromatic rings. The molecular weight excluding hydrogens is 260 g/mol. The van der Waals surface area contributed by atoms with Crippen molar-refractivity contribution in [3.8, 4) is 0 Å². The first-order valence-corrected chi connectivity index (χ1v) is 6.91. The highest BCUT2D eigenvalue weighted by Gasteiger charge is 2.05. The average Bonchev–Trinajstić information content (AvgIpc) is 2.29. The summed E-state index contributed by atoms with van der Waals surface area (Å²) in [6, 6.07) is 6.76. The first kappa shape index (κ1) is 13.5. The molecule has 0 aromatic heterocycles. The van der Waals surface area contributed by atoms with Crippen molar-refractivity contribution in [1.82, 2.24) is 0 Å². The third-order valence-electron chi connectivity index (χ3n) is 2.92. The Labute approximate surface area is 108 Å². The van der Waals surface area contributed by atoms with Gasteiger partial charge in [0.25, 0.3) is 0 Å². The Balaban J connectivity index is 2.72. The second-order valence-electron chi connectivity index (χ2n) is 4.22. The summed E-state index contributed by atoms with van der Waals surface area (Å²) in [5, 5.41) is 0. The van der Waals surface area contributed by atoms with Gasteiger partial charge in [0.15, 0.2) is 0 Å². The number of halogens is 1. The van der Waals surface area contributed by atoms with E-state index in [2.05, 4.69) is 67.1 Å². The topological polar surface area (TPSA) is 0 Å². The van der Waals surface area contributed by atoms with E-state index in [0.717, 1.165) is 19.3 Å². The SMILES string of the molecule is CC/C=C\CC(C)c1ccc(CC)c(Br)c1. The predicted molar refractivity (Wildman–Crippen MR) is 76.0 cm³/mol. The van der Waals surface area contributed by atoms with E-state index in [9.17, 15) is 0 Å². The van der Waals surface area contributed by atoms with Crippen molar-refractivity contribution in [2.75, 3.05) is 0 Å². The van der Waals surface area contributed by atoms with Gasteiger partial charge in [-0.05, 0) is 42.4 Å². The molecule has 0 aliphatic heterocycles. The summed E-state index contributed by atoms with van der Waals surface area (Å²) >= 11 is 3.64. The van der Waals surface area contributed by atoms with Gasteiger partial charge >= 0.3 is 0 Å². The quantitative estimate of drug-likeness (QED) is 0.628. The molecule has 0 radical (unpaired) electrons. The summed E-state index contributed by atoms with van der Waals surface area (Å²) in [6.45, 7) is 6.65. The van der Waals surface area contributed by atoms with Gasteiger partial charge in [-0.2, -0.15) is 0 Å². The number of allylic oxidation sites excluding steroid dienone is 2. The van der Waals surface area contributed by atoms with E-state index >= 15 is 0 Å². The van der Waals surface area contributed by atoms with E-state index in [1.807, 2.05) is 0 Å². The second kappa shape index (κ2) is 6.90. The summed E-state index contributed by atoms with van der Waals surface area (Å²) in [5.74, 6) is 0.602. The first-order chi connectivity index (χ1) is 7.69. The molecule has 1 unspecified atom stereocenters. The van der Waals surface area contributed by atoms with Crippen LogP contribution in [0.2, 0.25) is 0 Å². The highest BCUT2D eigenvalue weighted by Crippen LogP contribution is 2.25. The molecule has 1 aromatic carbocycles. The summed E-state index contributed by atoms with van der Waals surface area (Å²) < 4.78 is 1.25. The average molecular weight is 281 g/mol. The molecule has 88 valence electrons. The molecule has 16 heavy (non-hydrogen) atoms. The van der Waals surface area contributed by atoms with Gasteiger partial charge in [-0.25, -0.2) is 0 Å². The number of hydrogen-bond acceptors (Lipinski definition) is 0. The maximum absolute atomic E-state index is 3.64. The first-order valence-electron chi connectivity index (χ1n) is 6.12. The molecule has 0 saturated heterocycles. The molecule has 0 N–H and O–H groups in total. The molecule has 0 amide bonds. The molecule has 1 atom stereocenters. The van der Waals surface area contributed by atoms with E-state index in [4.69, 9.17) is 0 Å². The molecule has 0 aliphatic rings. The largest absolute Gasteiger partial charge is 0.0888 e. The van der Waals surface area contributed by atoms with Gasteiger partial charge in [0.2, 0.25) is 0 Å². The molecule has 0 aliphatic carbocycles. The molecule has 1 heteroatoms. The van der Waals surface area contributed by atoms with E-state index in [0.29, 0.717) is 5.92 Å². The van der Waals surface area contributed by atoms with E-state index in [1.54, 1.807) is 0 Å². The maximum atomic E-state index is 3.64. The maximum Gasteiger partial charge on any atom is 0.0210 e. The van der Waals surface area contributed by atoms with Crippen LogP contribution >= 0.6 is 15.9 Å². The number of rotatable bonds is 5. The van der Waals surface area contributed by atoms with Gasteiger partial charge in [-0.1, -0.05) is 61.0 Å². The second-order valence-corrected chi connectivity index (χ2v) is 5.08. The molecular formula is C15H21Br. The van der Waals surface area contributed by atoms with Crippen molar-refractivity contribution in [3.63, 3.8) is 0 Å². The molecule has 0 bridgehead atoms. The zero-order valence-corrected chi connectivity index (χ0v) is 12.0. The summed E-state index contributed by atoms with van der Waals surface area (Å²) in [7, 11) is 0. The fraction of sp³-hybridized carbons (Fsp3) is 0.467. The minimum Gasteiger partial charge on any atom is -0.0888 e. The zero-order chi connectivity index (χ0) is 12.0. The number of benzene rings is 1. The molecule has 0 saturated carbocycles. The minimum absolute atomic E-state index is 0.602. The highest BCUT2D eigenvalue weighted by atomic mass is 79.9. The van der Waals surface area contributed by atoms with Crippen LogP contribution in [-0.4, -0.2) is 0 Å². The van der Waals surface area contributed by atoms with Crippen molar-refractivity contribution in [2.45, 2.75) is 46.0 Å². The Morgan fingerprint density at radius 1 is 1.25 bits per heavy atom. The van der Waals surface area contributed by atoms with Gasteiger partial charge in [-0.15, -0.1) is 0 Å². The number of hydrogen-bond donors (Lipinski definition) is 0. The van der Waals surface area contributed by atoms with Crippen molar-refractivity contribution in [3.05, 3.63) is 46.0 Å². The summed E-state index contributed by atoms with van der Waals surface area (Å²) in [4.78, 5) is 0. The van der Waals surface area contributed by atoms with Crippen LogP contribution in [0.1, 0.15) is 50.7 Å². The van der Waals surface area contributed by atoms with Crippen LogP contribution in [0.25, 0.3) is 0 Å². The Hall–Kier alpha value is -0.560. The molecule has 1 rings (SSSR count). The minimum atomic E-state index is 0.602. The lowest BCUT2D eigenvalue weighted by Gasteiger charge is -2.11. The van der Waals surface area contributed by atoms with Crippen LogP contribution in [0.4, 0.5) is 0 Å². The monoisotopic (exact) mass is 280 g/mol. The normalized spacial score (nSPS) is 13.2. The summed E-state index contributed by atoms with van der Waals surface area (Å²) in [6.07, 6.45) is 7.88. The van der Waals surface area contributed by atoms with Crippen LogP contribution in [0.5, 0.6) is 0 Å². The Morgan fingerprint density at radius 3 is 2.56 bits per heavy atom. The molecule has 0 spiro atoms. The predicted octanol–water partition coefficient (Wildman–Crippen LogP) is 5.47. The Bertz CT molecular complexity index is 352. The molecule has 0 heterocycles. The molecule has 0 fully saturated rings. The van der Waals surface area contributed by atoms with E-state index in [1.165, 1.54) is 15.6 Å². The van der Waals surface area contributed by atoms with E-state index in [-0.39, 0.29) is 0 Å². The van der Waals surface area contributed by atoms with Crippen LogP contribution in [0, 0.1) is 0 Å². The lowest BCUT2D eigenvalue weighted by atomic mass is 9.96. The van der Waals surface area contributed by atoms with Gasteiger partial charge < -0.3 is 0 Å². The van der Waals surface area contributed by atoms with Crippen LogP contribution < -0.4 is 0 Å². The summed E-state index contributed by atoms with van der Waals surface area (Å²) in [5.41, 5.74) is 2.81. The number of aryl methyl sites for hydroxylation is 1. The Morgan fingerprint density at radius 2 is 2.00 bits per heavy atom. The fourth-order valence-electron chi connectivity index (χ4n) is 1.76. The van der Waals surface area contributed by atoms with Crippen LogP contribution in [0.3, 0.4) is 0 Å². The lowest BCUT2D eigenvalue weighted by Crippen LogP contribution is -1.93. The third-order valence-corrected chi connectivity index (χ3v) is 3.66.